The monoisotopic (exact) mass is 333 g/mol. The molecule has 0 aliphatic heterocycles. The quantitative estimate of drug-likeness (QED) is 0.575. The largest absolute Gasteiger partial charge is 0.469 e. The second-order valence-corrected chi connectivity index (χ2v) is 6.05. The van der Waals surface area contributed by atoms with Gasteiger partial charge in [0.1, 0.15) is 12.4 Å². The van der Waals surface area contributed by atoms with Gasteiger partial charge in [0.2, 0.25) is 5.88 Å². The number of aryl methyl sites for hydroxylation is 3. The predicted octanol–water partition coefficient (Wildman–Crippen LogP) is 3.33. The lowest BCUT2D eigenvalue weighted by Crippen LogP contribution is -2.04. The van der Waals surface area contributed by atoms with E-state index in [1.54, 1.807) is 4.52 Å². The highest BCUT2D eigenvalue weighted by Gasteiger charge is 2.10. The highest BCUT2D eigenvalue weighted by atomic mass is 16.5. The normalized spacial score (nSPS) is 11.2. The Kier molecular flexibility index (Phi) is 3.72. The summed E-state index contributed by atoms with van der Waals surface area (Å²) in [6.07, 6.45) is 3.88. The Morgan fingerprint density at radius 3 is 2.64 bits per heavy atom. The second-order valence-electron chi connectivity index (χ2n) is 6.05. The molecule has 4 rings (SSSR count). The lowest BCUT2D eigenvalue weighted by atomic mass is 10.2. The van der Waals surface area contributed by atoms with Gasteiger partial charge in [0.25, 0.3) is 0 Å². The maximum atomic E-state index is 5.86. The number of hydrogen-bond acceptors (Lipinski definition) is 4. The third-order valence-corrected chi connectivity index (χ3v) is 4.32. The van der Waals surface area contributed by atoms with Crippen molar-refractivity contribution in [2.24, 2.45) is 7.05 Å². The molecule has 0 radical (unpaired) electrons. The molecule has 0 fully saturated rings. The molecule has 3 aromatic heterocycles. The first-order chi connectivity index (χ1) is 12.1. The van der Waals surface area contributed by atoms with Crippen molar-refractivity contribution in [3.05, 3.63) is 65.9 Å². The summed E-state index contributed by atoms with van der Waals surface area (Å²) in [5.74, 6) is 1.42. The van der Waals surface area contributed by atoms with E-state index < -0.39 is 0 Å². The molecule has 0 unspecified atom stereocenters. The van der Waals surface area contributed by atoms with Gasteiger partial charge in [0.05, 0.1) is 11.4 Å². The van der Waals surface area contributed by atoms with Crippen molar-refractivity contribution in [3.63, 3.8) is 0 Å². The number of ether oxygens (including phenoxy) is 1. The van der Waals surface area contributed by atoms with E-state index in [9.17, 15) is 0 Å². The lowest BCUT2D eigenvalue weighted by molar-refractivity contribution is 0.280. The highest BCUT2D eigenvalue weighted by molar-refractivity contribution is 5.58. The minimum Gasteiger partial charge on any atom is -0.469 e. The Morgan fingerprint density at radius 2 is 1.84 bits per heavy atom. The zero-order valence-electron chi connectivity index (χ0n) is 14.5. The number of aromatic nitrogens is 5. The molecule has 25 heavy (non-hydrogen) atoms. The molecule has 0 N–H and O–H groups in total. The number of hydrogen-bond donors (Lipinski definition) is 0. The Labute approximate surface area is 145 Å². The summed E-state index contributed by atoms with van der Waals surface area (Å²) in [6.45, 7) is 4.35. The van der Waals surface area contributed by atoms with Gasteiger partial charge < -0.3 is 9.30 Å². The molecule has 0 spiro atoms. The fraction of sp³-hybridized carbons (Fsp3) is 0.211. The van der Waals surface area contributed by atoms with Crippen LogP contribution in [0.15, 0.2) is 48.8 Å². The SMILES string of the molecule is Cc1nn2ccc(OCc3nc(-c4ccccc4)cn3C)nc2c1C. The van der Waals surface area contributed by atoms with Gasteiger partial charge in [-0.25, -0.2) is 9.50 Å². The minimum absolute atomic E-state index is 0.360. The van der Waals surface area contributed by atoms with Crippen LogP contribution in [0.2, 0.25) is 0 Å². The molecule has 0 atom stereocenters. The zero-order chi connectivity index (χ0) is 17.4. The van der Waals surface area contributed by atoms with Crippen molar-refractivity contribution < 1.29 is 4.74 Å². The van der Waals surface area contributed by atoms with Crippen LogP contribution in [-0.4, -0.2) is 24.1 Å². The molecule has 0 aliphatic rings. The van der Waals surface area contributed by atoms with Crippen LogP contribution in [0.3, 0.4) is 0 Å². The van der Waals surface area contributed by atoms with E-state index >= 15 is 0 Å². The molecule has 0 saturated heterocycles. The van der Waals surface area contributed by atoms with E-state index in [4.69, 9.17) is 4.74 Å². The number of benzene rings is 1. The Morgan fingerprint density at radius 1 is 1.04 bits per heavy atom. The summed E-state index contributed by atoms with van der Waals surface area (Å²) >= 11 is 0. The van der Waals surface area contributed by atoms with E-state index in [-0.39, 0.29) is 0 Å². The molecule has 6 nitrogen and oxygen atoms in total. The van der Waals surface area contributed by atoms with E-state index in [1.165, 1.54) is 0 Å². The average molecular weight is 333 g/mol. The molecular weight excluding hydrogens is 314 g/mol. The van der Waals surface area contributed by atoms with Crippen molar-refractivity contribution in [2.45, 2.75) is 20.5 Å². The van der Waals surface area contributed by atoms with Crippen LogP contribution >= 0.6 is 0 Å². The van der Waals surface area contributed by atoms with Crippen LogP contribution in [0, 0.1) is 13.8 Å². The minimum atomic E-state index is 0.360. The third-order valence-electron chi connectivity index (χ3n) is 4.32. The van der Waals surface area contributed by atoms with Crippen LogP contribution < -0.4 is 4.74 Å². The van der Waals surface area contributed by atoms with Gasteiger partial charge in [-0.2, -0.15) is 10.1 Å². The van der Waals surface area contributed by atoms with Crippen LogP contribution in [0.5, 0.6) is 5.88 Å². The van der Waals surface area contributed by atoms with E-state index in [1.807, 2.05) is 74.3 Å². The summed E-state index contributed by atoms with van der Waals surface area (Å²) in [4.78, 5) is 9.22. The smallest absolute Gasteiger partial charge is 0.217 e. The second kappa shape index (κ2) is 6.05. The van der Waals surface area contributed by atoms with E-state index in [0.29, 0.717) is 12.5 Å². The highest BCUT2D eigenvalue weighted by Crippen LogP contribution is 2.19. The van der Waals surface area contributed by atoms with Crippen molar-refractivity contribution in [2.75, 3.05) is 0 Å². The number of imidazole rings is 1. The standard InChI is InChI=1S/C19H19N5O/c1-13-14(2)22-24-10-9-18(21-19(13)24)25-12-17-20-16(11-23(17)3)15-7-5-4-6-8-15/h4-11H,12H2,1-3H3. The molecule has 0 aliphatic carbocycles. The van der Waals surface area contributed by atoms with Gasteiger partial charge in [0.15, 0.2) is 5.65 Å². The first kappa shape index (κ1) is 15.4. The summed E-state index contributed by atoms with van der Waals surface area (Å²) in [6, 6.07) is 11.9. The van der Waals surface area contributed by atoms with Crippen molar-refractivity contribution in [1.29, 1.82) is 0 Å². The lowest BCUT2D eigenvalue weighted by Gasteiger charge is -2.05. The molecule has 126 valence electrons. The summed E-state index contributed by atoms with van der Waals surface area (Å²) in [5, 5.41) is 4.41. The molecule has 0 bridgehead atoms. The van der Waals surface area contributed by atoms with Gasteiger partial charge >= 0.3 is 0 Å². The van der Waals surface area contributed by atoms with Crippen molar-refractivity contribution in [3.8, 4) is 17.1 Å². The molecular formula is C19H19N5O. The third kappa shape index (κ3) is 2.87. The topological polar surface area (TPSA) is 57.2 Å². The number of fused-ring (bicyclic) bond motifs is 1. The Hall–Kier alpha value is -3.15. The van der Waals surface area contributed by atoms with Gasteiger partial charge in [-0.15, -0.1) is 0 Å². The zero-order valence-corrected chi connectivity index (χ0v) is 14.5. The maximum absolute atomic E-state index is 5.86. The molecule has 1 aromatic carbocycles. The maximum Gasteiger partial charge on any atom is 0.217 e. The number of rotatable bonds is 4. The first-order valence-electron chi connectivity index (χ1n) is 8.15. The van der Waals surface area contributed by atoms with Crippen LogP contribution in [0.4, 0.5) is 0 Å². The van der Waals surface area contributed by atoms with Gasteiger partial charge in [-0.1, -0.05) is 30.3 Å². The average Bonchev–Trinajstić information content (AvgIpc) is 3.14. The van der Waals surface area contributed by atoms with E-state index in [2.05, 4.69) is 15.1 Å². The molecule has 4 aromatic rings. The van der Waals surface area contributed by atoms with Gasteiger partial charge in [-0.05, 0) is 13.8 Å². The molecule has 0 amide bonds. The molecule has 0 saturated carbocycles. The fourth-order valence-electron chi connectivity index (χ4n) is 2.74. The van der Waals surface area contributed by atoms with Crippen LogP contribution in [0.1, 0.15) is 17.1 Å². The Balaban J connectivity index is 1.55. The Bertz CT molecular complexity index is 1030. The van der Waals surface area contributed by atoms with Crippen molar-refractivity contribution in [1.82, 2.24) is 24.1 Å². The first-order valence-corrected chi connectivity index (χ1v) is 8.15. The molecule has 6 heteroatoms. The van der Waals surface area contributed by atoms with E-state index in [0.717, 1.165) is 34.0 Å². The fourth-order valence-corrected chi connectivity index (χ4v) is 2.74. The summed E-state index contributed by atoms with van der Waals surface area (Å²) in [7, 11) is 1.97. The van der Waals surface area contributed by atoms with Crippen LogP contribution in [-0.2, 0) is 13.7 Å². The molecule has 3 heterocycles. The van der Waals surface area contributed by atoms with Gasteiger partial charge in [-0.3, -0.25) is 0 Å². The summed E-state index contributed by atoms with van der Waals surface area (Å²) in [5.41, 5.74) is 4.89. The number of nitrogens with zero attached hydrogens (tertiary/aromatic N) is 5. The van der Waals surface area contributed by atoms with Crippen molar-refractivity contribution >= 4 is 5.65 Å². The van der Waals surface area contributed by atoms with Gasteiger partial charge in [0, 0.05) is 36.6 Å². The predicted molar refractivity (Wildman–Crippen MR) is 95.4 cm³/mol. The summed E-state index contributed by atoms with van der Waals surface area (Å²) < 4.78 is 9.61. The van der Waals surface area contributed by atoms with Crippen LogP contribution in [0.25, 0.3) is 16.9 Å².